The van der Waals surface area contributed by atoms with Gasteiger partial charge in [-0.1, -0.05) is 18.5 Å². The van der Waals surface area contributed by atoms with Crippen LogP contribution in [0.15, 0.2) is 30.5 Å². The van der Waals surface area contributed by atoms with E-state index in [4.69, 9.17) is 11.6 Å². The SMILES string of the molecule is CC1CCCN(C(=O)c2ccnc(Nc3cc(C(F)(F)F)ccc3Cl)n2)C1. The monoisotopic (exact) mass is 398 g/mol. The minimum atomic E-state index is -4.50. The lowest BCUT2D eigenvalue weighted by Crippen LogP contribution is -2.39. The van der Waals surface area contributed by atoms with E-state index >= 15 is 0 Å². The van der Waals surface area contributed by atoms with Crippen molar-refractivity contribution in [3.05, 3.63) is 46.7 Å². The molecule has 1 amide bonds. The van der Waals surface area contributed by atoms with E-state index in [9.17, 15) is 18.0 Å². The molecule has 1 aliphatic rings. The zero-order valence-electron chi connectivity index (χ0n) is 14.6. The smallest absolute Gasteiger partial charge is 0.337 e. The topological polar surface area (TPSA) is 58.1 Å². The van der Waals surface area contributed by atoms with Crippen LogP contribution in [0, 0.1) is 5.92 Å². The lowest BCUT2D eigenvalue weighted by molar-refractivity contribution is -0.137. The van der Waals surface area contributed by atoms with E-state index in [-0.39, 0.29) is 28.3 Å². The van der Waals surface area contributed by atoms with Crippen molar-refractivity contribution >= 4 is 29.1 Å². The fourth-order valence-corrected chi connectivity index (χ4v) is 3.16. The number of carbonyl (C=O) groups is 1. The largest absolute Gasteiger partial charge is 0.416 e. The first-order chi connectivity index (χ1) is 12.7. The highest BCUT2D eigenvalue weighted by atomic mass is 35.5. The van der Waals surface area contributed by atoms with Crippen molar-refractivity contribution in [3.8, 4) is 0 Å². The third kappa shape index (κ3) is 4.68. The average molecular weight is 399 g/mol. The highest BCUT2D eigenvalue weighted by Gasteiger charge is 2.31. The Morgan fingerprint density at radius 3 is 2.81 bits per heavy atom. The second kappa shape index (κ2) is 7.72. The Labute approximate surface area is 159 Å². The zero-order chi connectivity index (χ0) is 19.6. The van der Waals surface area contributed by atoms with Gasteiger partial charge >= 0.3 is 6.18 Å². The Hall–Kier alpha value is -2.35. The number of amides is 1. The van der Waals surface area contributed by atoms with Crippen LogP contribution in [0.3, 0.4) is 0 Å². The van der Waals surface area contributed by atoms with Crippen molar-refractivity contribution in [1.29, 1.82) is 0 Å². The van der Waals surface area contributed by atoms with Crippen LogP contribution in [-0.4, -0.2) is 33.9 Å². The van der Waals surface area contributed by atoms with E-state index in [0.717, 1.165) is 31.0 Å². The van der Waals surface area contributed by atoms with Gasteiger partial charge in [0.05, 0.1) is 16.3 Å². The number of halogens is 4. The van der Waals surface area contributed by atoms with Gasteiger partial charge < -0.3 is 10.2 Å². The van der Waals surface area contributed by atoms with E-state index in [1.165, 1.54) is 12.3 Å². The molecule has 0 saturated carbocycles. The maximum absolute atomic E-state index is 12.9. The van der Waals surface area contributed by atoms with Crippen LogP contribution in [0.4, 0.5) is 24.8 Å². The third-order valence-corrected chi connectivity index (χ3v) is 4.69. The Morgan fingerprint density at radius 1 is 1.33 bits per heavy atom. The number of piperidine rings is 1. The maximum atomic E-state index is 12.9. The lowest BCUT2D eigenvalue weighted by atomic mass is 10.00. The van der Waals surface area contributed by atoms with Gasteiger partial charge in [0, 0.05) is 19.3 Å². The Bertz CT molecular complexity index is 844. The van der Waals surface area contributed by atoms with E-state index in [0.29, 0.717) is 19.0 Å². The molecule has 1 N–H and O–H groups in total. The summed E-state index contributed by atoms with van der Waals surface area (Å²) in [6.45, 7) is 3.41. The fraction of sp³-hybridized carbons (Fsp3) is 0.389. The molecule has 2 aromatic rings. The fourth-order valence-electron chi connectivity index (χ4n) is 2.99. The minimum Gasteiger partial charge on any atom is -0.337 e. The lowest BCUT2D eigenvalue weighted by Gasteiger charge is -2.30. The van der Waals surface area contributed by atoms with Crippen LogP contribution in [-0.2, 0) is 6.18 Å². The van der Waals surface area contributed by atoms with Gasteiger partial charge in [-0.2, -0.15) is 13.2 Å². The number of aromatic nitrogens is 2. The molecule has 3 rings (SSSR count). The van der Waals surface area contributed by atoms with Crippen LogP contribution in [0.2, 0.25) is 5.02 Å². The van der Waals surface area contributed by atoms with Crippen molar-refractivity contribution < 1.29 is 18.0 Å². The number of hydrogen-bond acceptors (Lipinski definition) is 4. The van der Waals surface area contributed by atoms with Crippen LogP contribution in [0.25, 0.3) is 0 Å². The summed E-state index contributed by atoms with van der Waals surface area (Å²) in [7, 11) is 0. The minimum absolute atomic E-state index is 0.00660. The predicted octanol–water partition coefficient (Wildman–Crippen LogP) is 4.76. The molecule has 5 nitrogen and oxygen atoms in total. The number of hydrogen-bond donors (Lipinski definition) is 1. The highest BCUT2D eigenvalue weighted by molar-refractivity contribution is 6.33. The van der Waals surface area contributed by atoms with E-state index < -0.39 is 11.7 Å². The molecule has 9 heteroatoms. The summed E-state index contributed by atoms with van der Waals surface area (Å²) in [5.41, 5.74) is -0.642. The predicted molar refractivity (Wildman–Crippen MR) is 96.1 cm³/mol. The summed E-state index contributed by atoms with van der Waals surface area (Å²) >= 11 is 5.98. The maximum Gasteiger partial charge on any atom is 0.416 e. The first kappa shape index (κ1) is 19.4. The van der Waals surface area contributed by atoms with Gasteiger partial charge in [-0.05, 0) is 43.0 Å². The summed E-state index contributed by atoms with van der Waals surface area (Å²) in [5.74, 6) is 0.209. The summed E-state index contributed by atoms with van der Waals surface area (Å²) in [4.78, 5) is 22.5. The molecule has 1 saturated heterocycles. The van der Waals surface area contributed by atoms with Gasteiger partial charge in [0.1, 0.15) is 5.69 Å². The molecular formula is C18H18ClF3N4O. The first-order valence-corrected chi connectivity index (χ1v) is 8.88. The average Bonchev–Trinajstić information content (AvgIpc) is 2.62. The summed E-state index contributed by atoms with van der Waals surface area (Å²) < 4.78 is 38.7. The molecular weight excluding hydrogens is 381 g/mol. The molecule has 1 unspecified atom stereocenters. The first-order valence-electron chi connectivity index (χ1n) is 8.50. The normalized spacial score (nSPS) is 17.7. The van der Waals surface area contributed by atoms with E-state index in [2.05, 4.69) is 22.2 Å². The molecule has 1 aromatic carbocycles. The van der Waals surface area contributed by atoms with Crippen LogP contribution < -0.4 is 5.32 Å². The molecule has 0 radical (unpaired) electrons. The Morgan fingerprint density at radius 2 is 2.11 bits per heavy atom. The Kier molecular flexibility index (Phi) is 5.55. The molecule has 0 aliphatic carbocycles. The molecule has 144 valence electrons. The standard InChI is InChI=1S/C18H18ClF3N4O/c1-11-3-2-8-26(10-11)16(27)14-6-7-23-17(24-14)25-15-9-12(18(20,21)22)4-5-13(15)19/h4-7,9,11H,2-3,8,10H2,1H3,(H,23,24,25). The van der Waals surface area contributed by atoms with Gasteiger partial charge in [-0.15, -0.1) is 0 Å². The third-order valence-electron chi connectivity index (χ3n) is 4.36. The van der Waals surface area contributed by atoms with Crippen LogP contribution in [0.5, 0.6) is 0 Å². The molecule has 0 spiro atoms. The van der Waals surface area contributed by atoms with Crippen molar-refractivity contribution in [2.45, 2.75) is 25.9 Å². The van der Waals surface area contributed by atoms with Gasteiger partial charge in [0.2, 0.25) is 5.95 Å². The second-order valence-corrected chi connectivity index (χ2v) is 6.99. The van der Waals surface area contributed by atoms with Gasteiger partial charge in [0.25, 0.3) is 5.91 Å². The van der Waals surface area contributed by atoms with E-state index in [1.54, 1.807) is 4.90 Å². The van der Waals surface area contributed by atoms with Gasteiger partial charge in [-0.25, -0.2) is 9.97 Å². The number of rotatable bonds is 3. The molecule has 27 heavy (non-hydrogen) atoms. The zero-order valence-corrected chi connectivity index (χ0v) is 15.3. The van der Waals surface area contributed by atoms with Gasteiger partial charge in [-0.3, -0.25) is 4.79 Å². The number of alkyl halides is 3. The van der Waals surface area contributed by atoms with Crippen molar-refractivity contribution in [2.75, 3.05) is 18.4 Å². The number of benzene rings is 1. The number of likely N-dealkylation sites (tertiary alicyclic amines) is 1. The molecule has 0 bridgehead atoms. The highest BCUT2D eigenvalue weighted by Crippen LogP contribution is 2.34. The molecule has 2 heterocycles. The number of carbonyl (C=O) groups excluding carboxylic acids is 1. The van der Waals surface area contributed by atoms with Crippen molar-refractivity contribution in [2.24, 2.45) is 5.92 Å². The Balaban J connectivity index is 1.81. The van der Waals surface area contributed by atoms with Crippen molar-refractivity contribution in [3.63, 3.8) is 0 Å². The van der Waals surface area contributed by atoms with E-state index in [1.807, 2.05) is 0 Å². The molecule has 1 aromatic heterocycles. The van der Waals surface area contributed by atoms with Crippen LogP contribution in [0.1, 0.15) is 35.8 Å². The van der Waals surface area contributed by atoms with Crippen molar-refractivity contribution in [1.82, 2.24) is 14.9 Å². The summed E-state index contributed by atoms with van der Waals surface area (Å²) in [6, 6.07) is 4.41. The molecule has 1 aliphatic heterocycles. The molecule has 1 fully saturated rings. The quantitative estimate of drug-likeness (QED) is 0.809. The van der Waals surface area contributed by atoms with Crippen LogP contribution >= 0.6 is 11.6 Å². The summed E-state index contributed by atoms with van der Waals surface area (Å²) in [5, 5.41) is 2.76. The summed E-state index contributed by atoms with van der Waals surface area (Å²) in [6.07, 6.45) is -1.10. The van der Waals surface area contributed by atoms with Gasteiger partial charge in [0.15, 0.2) is 0 Å². The number of nitrogens with one attached hydrogen (secondary N) is 1. The second-order valence-electron chi connectivity index (χ2n) is 6.58. The number of nitrogens with zero attached hydrogens (tertiary/aromatic N) is 3. The number of anilines is 2. The molecule has 1 atom stereocenters.